The first-order chi connectivity index (χ1) is 6.61. The van der Waals surface area contributed by atoms with Crippen molar-refractivity contribution in [2.24, 2.45) is 5.92 Å². The van der Waals surface area contributed by atoms with Crippen LogP contribution in [0.15, 0.2) is 18.2 Å². The van der Waals surface area contributed by atoms with E-state index in [1.807, 2.05) is 12.1 Å². The molecule has 0 aliphatic heterocycles. The van der Waals surface area contributed by atoms with Gasteiger partial charge in [0.25, 0.3) is 0 Å². The van der Waals surface area contributed by atoms with Gasteiger partial charge in [-0.2, -0.15) is 0 Å². The van der Waals surface area contributed by atoms with Crippen molar-refractivity contribution in [3.05, 3.63) is 33.8 Å². The van der Waals surface area contributed by atoms with Gasteiger partial charge >= 0.3 is 0 Å². The molecular formula is C12H16Cl2. The first-order valence-electron chi connectivity index (χ1n) is 5.06. The predicted octanol–water partition coefficient (Wildman–Crippen LogP) is 4.97. The Bertz CT molecular complexity index is 274. The van der Waals surface area contributed by atoms with Crippen LogP contribution in [0.1, 0.15) is 32.3 Å². The summed E-state index contributed by atoms with van der Waals surface area (Å²) in [7, 11) is 0. The van der Waals surface area contributed by atoms with E-state index in [2.05, 4.69) is 13.8 Å². The van der Waals surface area contributed by atoms with Crippen molar-refractivity contribution in [3.63, 3.8) is 0 Å². The molecule has 0 spiro atoms. The zero-order valence-electron chi connectivity index (χ0n) is 8.69. The Morgan fingerprint density at radius 1 is 1.14 bits per heavy atom. The van der Waals surface area contributed by atoms with E-state index in [1.54, 1.807) is 6.07 Å². The molecule has 0 heterocycles. The van der Waals surface area contributed by atoms with E-state index in [0.29, 0.717) is 5.92 Å². The van der Waals surface area contributed by atoms with Crippen molar-refractivity contribution < 1.29 is 0 Å². The minimum absolute atomic E-state index is 0.703. The Hall–Kier alpha value is -0.200. The Balaban J connectivity index is 2.66. The van der Waals surface area contributed by atoms with Crippen molar-refractivity contribution >= 4 is 23.2 Å². The van der Waals surface area contributed by atoms with Gasteiger partial charge in [0.05, 0.1) is 0 Å². The van der Waals surface area contributed by atoms with Gasteiger partial charge in [-0.15, -0.1) is 0 Å². The second-order valence-corrected chi connectivity index (χ2v) is 4.75. The van der Waals surface area contributed by atoms with E-state index in [9.17, 15) is 0 Å². The zero-order chi connectivity index (χ0) is 10.6. The van der Waals surface area contributed by atoms with Gasteiger partial charge in [0.15, 0.2) is 0 Å². The highest BCUT2D eigenvalue weighted by atomic mass is 35.5. The third-order valence-corrected chi connectivity index (χ3v) is 2.72. The smallest absolute Gasteiger partial charge is 0.0423 e. The molecule has 1 aromatic rings. The van der Waals surface area contributed by atoms with Gasteiger partial charge in [0, 0.05) is 10.0 Å². The highest BCUT2D eigenvalue weighted by Crippen LogP contribution is 2.22. The third-order valence-electron chi connectivity index (χ3n) is 2.29. The molecule has 78 valence electrons. The first kappa shape index (κ1) is 11.9. The molecule has 0 N–H and O–H groups in total. The van der Waals surface area contributed by atoms with E-state index < -0.39 is 0 Å². The molecule has 1 atom stereocenters. The van der Waals surface area contributed by atoms with E-state index >= 15 is 0 Å². The average molecular weight is 231 g/mol. The minimum atomic E-state index is 0.703. The summed E-state index contributed by atoms with van der Waals surface area (Å²) in [5.74, 6) is 0.703. The number of hydrogen-bond acceptors (Lipinski definition) is 0. The second-order valence-electron chi connectivity index (χ2n) is 3.88. The van der Waals surface area contributed by atoms with E-state index in [0.717, 1.165) is 16.5 Å². The summed E-state index contributed by atoms with van der Waals surface area (Å²) < 4.78 is 0. The average Bonchev–Trinajstić information content (AvgIpc) is 2.01. The summed E-state index contributed by atoms with van der Waals surface area (Å²) in [4.78, 5) is 0. The molecule has 1 aromatic carbocycles. The van der Waals surface area contributed by atoms with Crippen LogP contribution in [0, 0.1) is 5.92 Å². The van der Waals surface area contributed by atoms with Gasteiger partial charge in [-0.25, -0.2) is 0 Å². The zero-order valence-corrected chi connectivity index (χ0v) is 10.2. The van der Waals surface area contributed by atoms with E-state index in [-0.39, 0.29) is 0 Å². The summed E-state index contributed by atoms with van der Waals surface area (Å²) in [5, 5.41) is 1.47. The lowest BCUT2D eigenvalue weighted by molar-refractivity contribution is 0.522. The number of hydrogen-bond donors (Lipinski definition) is 0. The maximum absolute atomic E-state index is 5.93. The summed E-state index contributed by atoms with van der Waals surface area (Å²) >= 11 is 11.9. The maximum atomic E-state index is 5.93. The van der Waals surface area contributed by atoms with Crippen LogP contribution in [0.2, 0.25) is 10.0 Å². The molecule has 0 saturated heterocycles. The van der Waals surface area contributed by atoms with Crippen molar-refractivity contribution in [2.45, 2.75) is 33.1 Å². The first-order valence-corrected chi connectivity index (χ1v) is 5.82. The normalized spacial score (nSPS) is 12.9. The second kappa shape index (κ2) is 5.63. The molecule has 0 aromatic heterocycles. The molecule has 0 fully saturated rings. The van der Waals surface area contributed by atoms with Gasteiger partial charge in [0.2, 0.25) is 0 Å². The molecule has 0 radical (unpaired) electrons. The summed E-state index contributed by atoms with van der Waals surface area (Å²) in [6.07, 6.45) is 3.55. The van der Waals surface area contributed by atoms with Gasteiger partial charge < -0.3 is 0 Å². The SMILES string of the molecule is CCCC(C)Cc1cc(Cl)cc(Cl)c1. The molecule has 2 heteroatoms. The van der Waals surface area contributed by atoms with Crippen LogP contribution in [-0.4, -0.2) is 0 Å². The highest BCUT2D eigenvalue weighted by molar-refractivity contribution is 6.34. The van der Waals surface area contributed by atoms with Crippen LogP contribution in [0.4, 0.5) is 0 Å². The number of halogens is 2. The molecule has 0 bridgehead atoms. The van der Waals surface area contributed by atoms with Crippen LogP contribution in [0.25, 0.3) is 0 Å². The third kappa shape index (κ3) is 3.89. The molecule has 0 aliphatic rings. The summed E-state index contributed by atoms with van der Waals surface area (Å²) in [6.45, 7) is 4.47. The lowest BCUT2D eigenvalue weighted by Crippen LogP contribution is -1.98. The predicted molar refractivity (Wildman–Crippen MR) is 64.2 cm³/mol. The fraction of sp³-hybridized carbons (Fsp3) is 0.500. The lowest BCUT2D eigenvalue weighted by atomic mass is 9.97. The molecule has 0 saturated carbocycles. The minimum Gasteiger partial charge on any atom is -0.0843 e. The molecule has 0 amide bonds. The van der Waals surface area contributed by atoms with Crippen LogP contribution in [0.3, 0.4) is 0 Å². The Labute approximate surface area is 96.2 Å². The topological polar surface area (TPSA) is 0 Å². The molecule has 1 unspecified atom stereocenters. The number of rotatable bonds is 4. The molecular weight excluding hydrogens is 215 g/mol. The monoisotopic (exact) mass is 230 g/mol. The summed E-state index contributed by atoms with van der Waals surface area (Å²) in [5.41, 5.74) is 1.24. The fourth-order valence-electron chi connectivity index (χ4n) is 1.73. The largest absolute Gasteiger partial charge is 0.0843 e. The van der Waals surface area contributed by atoms with Crippen LogP contribution >= 0.6 is 23.2 Å². The van der Waals surface area contributed by atoms with Crippen molar-refractivity contribution in [1.82, 2.24) is 0 Å². The van der Waals surface area contributed by atoms with Gasteiger partial charge in [0.1, 0.15) is 0 Å². The van der Waals surface area contributed by atoms with Crippen LogP contribution in [-0.2, 0) is 6.42 Å². The molecule has 1 rings (SSSR count). The summed E-state index contributed by atoms with van der Waals surface area (Å²) in [6, 6.07) is 5.77. The Morgan fingerprint density at radius 2 is 1.71 bits per heavy atom. The highest BCUT2D eigenvalue weighted by Gasteiger charge is 2.04. The van der Waals surface area contributed by atoms with E-state index in [4.69, 9.17) is 23.2 Å². The van der Waals surface area contributed by atoms with Crippen molar-refractivity contribution in [1.29, 1.82) is 0 Å². The maximum Gasteiger partial charge on any atom is 0.0423 e. The quantitative estimate of drug-likeness (QED) is 0.686. The lowest BCUT2D eigenvalue weighted by Gasteiger charge is -2.10. The van der Waals surface area contributed by atoms with Gasteiger partial charge in [-0.3, -0.25) is 0 Å². The van der Waals surface area contributed by atoms with E-state index in [1.165, 1.54) is 18.4 Å². The molecule has 14 heavy (non-hydrogen) atoms. The standard InChI is InChI=1S/C12H16Cl2/c1-3-4-9(2)5-10-6-11(13)8-12(14)7-10/h6-9H,3-5H2,1-2H3. The Morgan fingerprint density at radius 3 is 2.21 bits per heavy atom. The Kier molecular flexibility index (Phi) is 4.77. The van der Waals surface area contributed by atoms with Gasteiger partial charge in [-0.1, -0.05) is 49.9 Å². The van der Waals surface area contributed by atoms with Crippen LogP contribution in [0.5, 0.6) is 0 Å². The molecule has 0 nitrogen and oxygen atoms in total. The fourth-order valence-corrected chi connectivity index (χ4v) is 2.30. The number of benzene rings is 1. The van der Waals surface area contributed by atoms with Crippen molar-refractivity contribution in [2.75, 3.05) is 0 Å². The molecule has 0 aliphatic carbocycles. The van der Waals surface area contributed by atoms with Gasteiger partial charge in [-0.05, 0) is 36.1 Å². The van der Waals surface area contributed by atoms with Crippen molar-refractivity contribution in [3.8, 4) is 0 Å². The van der Waals surface area contributed by atoms with Crippen LogP contribution < -0.4 is 0 Å².